The van der Waals surface area contributed by atoms with Crippen molar-refractivity contribution in [3.63, 3.8) is 0 Å². The van der Waals surface area contributed by atoms with Gasteiger partial charge in [0.15, 0.2) is 0 Å². The first-order chi connectivity index (χ1) is 8.26. The third-order valence-electron chi connectivity index (χ3n) is 4.34. The molecule has 1 aliphatic carbocycles. The van der Waals surface area contributed by atoms with E-state index in [-0.39, 0.29) is 11.5 Å². The predicted molar refractivity (Wildman–Crippen MR) is 67.8 cm³/mol. The van der Waals surface area contributed by atoms with Gasteiger partial charge < -0.3 is 10.5 Å². The lowest BCUT2D eigenvalue weighted by molar-refractivity contribution is -0.136. The summed E-state index contributed by atoms with van der Waals surface area (Å²) >= 11 is 0. The van der Waals surface area contributed by atoms with Crippen molar-refractivity contribution in [3.05, 3.63) is 0 Å². The number of hydrogen-bond acceptors (Lipinski definition) is 3. The van der Waals surface area contributed by atoms with E-state index in [1.807, 2.05) is 0 Å². The molecule has 17 heavy (non-hydrogen) atoms. The van der Waals surface area contributed by atoms with Crippen LogP contribution < -0.4 is 5.73 Å². The van der Waals surface area contributed by atoms with E-state index in [2.05, 4.69) is 0 Å². The lowest BCUT2D eigenvalue weighted by Crippen LogP contribution is -2.39. The molecule has 2 aliphatic rings. The maximum Gasteiger partial charge on any atom is 0.136 e. The number of rotatable bonds is 5. The summed E-state index contributed by atoms with van der Waals surface area (Å²) in [5.41, 5.74) is 5.53. The molecule has 0 radical (unpaired) electrons. The zero-order valence-electron chi connectivity index (χ0n) is 10.7. The number of carbonyl (C=O) groups excluding carboxylic acids is 1. The van der Waals surface area contributed by atoms with Gasteiger partial charge in [0.25, 0.3) is 0 Å². The average molecular weight is 239 g/mol. The van der Waals surface area contributed by atoms with Gasteiger partial charge in [-0.25, -0.2) is 0 Å². The minimum atomic E-state index is 0.0758. The topological polar surface area (TPSA) is 52.3 Å². The molecule has 1 unspecified atom stereocenters. The summed E-state index contributed by atoms with van der Waals surface area (Å²) in [6.07, 6.45) is 9.44. The van der Waals surface area contributed by atoms with Crippen LogP contribution >= 0.6 is 0 Å². The van der Waals surface area contributed by atoms with E-state index in [0.29, 0.717) is 12.3 Å². The van der Waals surface area contributed by atoms with E-state index in [9.17, 15) is 4.79 Å². The highest BCUT2D eigenvalue weighted by Gasteiger charge is 2.41. The molecule has 1 saturated heterocycles. The first-order valence-corrected chi connectivity index (χ1v) is 7.12. The Kier molecular flexibility index (Phi) is 4.57. The Morgan fingerprint density at radius 3 is 2.76 bits per heavy atom. The van der Waals surface area contributed by atoms with E-state index < -0.39 is 0 Å². The Labute approximate surface area is 104 Å². The number of carbonyl (C=O) groups is 1. The Morgan fingerprint density at radius 2 is 2.06 bits per heavy atom. The lowest BCUT2D eigenvalue weighted by Gasteiger charge is -2.37. The van der Waals surface area contributed by atoms with Crippen molar-refractivity contribution in [1.82, 2.24) is 0 Å². The molecule has 3 nitrogen and oxygen atoms in total. The molecule has 2 N–H and O–H groups in total. The number of Topliss-reactive ketones (excluding diaryl/α,β-unsaturated/α-hetero) is 1. The van der Waals surface area contributed by atoms with Crippen LogP contribution in [0.4, 0.5) is 0 Å². The van der Waals surface area contributed by atoms with Gasteiger partial charge in [-0.2, -0.15) is 0 Å². The quantitative estimate of drug-likeness (QED) is 0.750. The zero-order chi connectivity index (χ0) is 12.1. The van der Waals surface area contributed by atoms with Gasteiger partial charge in [-0.05, 0) is 45.1 Å². The van der Waals surface area contributed by atoms with Crippen LogP contribution in [0.2, 0.25) is 0 Å². The molecule has 2 rings (SSSR count). The summed E-state index contributed by atoms with van der Waals surface area (Å²) in [7, 11) is 0. The number of ketones is 1. The fourth-order valence-electron chi connectivity index (χ4n) is 3.32. The smallest absolute Gasteiger partial charge is 0.136 e. The van der Waals surface area contributed by atoms with E-state index >= 15 is 0 Å². The summed E-state index contributed by atoms with van der Waals surface area (Å²) in [6.45, 7) is 1.48. The van der Waals surface area contributed by atoms with Crippen molar-refractivity contribution in [2.75, 3.05) is 13.2 Å². The molecular formula is C14H25NO2. The first kappa shape index (κ1) is 13.0. The molecule has 98 valence electrons. The van der Waals surface area contributed by atoms with Crippen LogP contribution in [0.5, 0.6) is 0 Å². The van der Waals surface area contributed by atoms with Gasteiger partial charge in [-0.15, -0.1) is 0 Å². The van der Waals surface area contributed by atoms with E-state index in [0.717, 1.165) is 38.7 Å². The third-order valence-corrected chi connectivity index (χ3v) is 4.34. The van der Waals surface area contributed by atoms with Crippen LogP contribution in [0.25, 0.3) is 0 Å². The van der Waals surface area contributed by atoms with Crippen LogP contribution in [-0.2, 0) is 9.53 Å². The minimum Gasteiger partial charge on any atom is -0.375 e. The molecule has 0 amide bonds. The summed E-state index contributed by atoms with van der Waals surface area (Å²) < 4.78 is 5.96. The molecule has 2 fully saturated rings. The highest BCUT2D eigenvalue weighted by molar-refractivity contribution is 5.81. The maximum atomic E-state index is 12.1. The summed E-state index contributed by atoms with van der Waals surface area (Å²) in [5, 5.41) is 0. The number of hydrogen-bond donors (Lipinski definition) is 1. The molecule has 1 aliphatic heterocycles. The van der Waals surface area contributed by atoms with E-state index in [4.69, 9.17) is 10.5 Å². The fourth-order valence-corrected chi connectivity index (χ4v) is 3.32. The van der Waals surface area contributed by atoms with Crippen LogP contribution in [-0.4, -0.2) is 24.5 Å². The number of unbranched alkanes of at least 4 members (excludes halogenated alkanes) is 1. The molecular weight excluding hydrogens is 214 g/mol. The second-order valence-corrected chi connectivity index (χ2v) is 5.64. The van der Waals surface area contributed by atoms with Crippen molar-refractivity contribution >= 4 is 5.78 Å². The van der Waals surface area contributed by atoms with Gasteiger partial charge in [-0.3, -0.25) is 4.79 Å². The zero-order valence-corrected chi connectivity index (χ0v) is 10.7. The molecule has 0 aromatic rings. The van der Waals surface area contributed by atoms with Gasteiger partial charge in [0.2, 0.25) is 0 Å². The van der Waals surface area contributed by atoms with Gasteiger partial charge in [0, 0.05) is 18.9 Å². The first-order valence-electron chi connectivity index (χ1n) is 7.12. The van der Waals surface area contributed by atoms with Gasteiger partial charge in [0.05, 0.1) is 5.60 Å². The highest BCUT2D eigenvalue weighted by Crippen LogP contribution is 2.42. The fraction of sp³-hybridized carbons (Fsp3) is 0.929. The summed E-state index contributed by atoms with van der Waals surface area (Å²) in [4.78, 5) is 12.1. The minimum absolute atomic E-state index is 0.0758. The van der Waals surface area contributed by atoms with E-state index in [1.54, 1.807) is 0 Å². The Morgan fingerprint density at radius 1 is 1.29 bits per heavy atom. The molecule has 3 heteroatoms. The standard InChI is InChI=1S/C14H25NO2/c15-9-4-1-5-13(16)12-6-10-17-14(11-12)7-2-3-8-14/h12H,1-11,15H2. The largest absolute Gasteiger partial charge is 0.375 e. The highest BCUT2D eigenvalue weighted by atomic mass is 16.5. The summed E-state index contributed by atoms with van der Waals surface area (Å²) in [5.74, 6) is 0.715. The van der Waals surface area contributed by atoms with Gasteiger partial charge in [-0.1, -0.05) is 12.8 Å². The Balaban J connectivity index is 1.82. The molecule has 1 spiro atoms. The van der Waals surface area contributed by atoms with E-state index in [1.165, 1.54) is 25.7 Å². The second kappa shape index (κ2) is 5.96. The van der Waals surface area contributed by atoms with Crippen molar-refractivity contribution in [1.29, 1.82) is 0 Å². The summed E-state index contributed by atoms with van der Waals surface area (Å²) in [6, 6.07) is 0. The normalized spacial score (nSPS) is 27.5. The second-order valence-electron chi connectivity index (χ2n) is 5.64. The van der Waals surface area contributed by atoms with Crippen molar-refractivity contribution in [2.45, 2.75) is 63.4 Å². The SMILES string of the molecule is NCCCCC(=O)C1CCOC2(CCCC2)C1. The average Bonchev–Trinajstić information content (AvgIpc) is 2.77. The molecule has 1 heterocycles. The van der Waals surface area contributed by atoms with Gasteiger partial charge in [0.1, 0.15) is 5.78 Å². The van der Waals surface area contributed by atoms with Crippen molar-refractivity contribution in [2.24, 2.45) is 11.7 Å². The van der Waals surface area contributed by atoms with Crippen LogP contribution in [0.3, 0.4) is 0 Å². The van der Waals surface area contributed by atoms with Crippen molar-refractivity contribution < 1.29 is 9.53 Å². The molecule has 0 bridgehead atoms. The number of ether oxygens (including phenoxy) is 1. The molecule has 1 atom stereocenters. The Bertz CT molecular complexity index is 259. The third kappa shape index (κ3) is 3.29. The monoisotopic (exact) mass is 239 g/mol. The lowest BCUT2D eigenvalue weighted by atomic mass is 9.81. The molecule has 0 aromatic carbocycles. The number of nitrogens with two attached hydrogens (primary N) is 1. The van der Waals surface area contributed by atoms with Crippen LogP contribution in [0, 0.1) is 5.92 Å². The van der Waals surface area contributed by atoms with Crippen molar-refractivity contribution in [3.8, 4) is 0 Å². The Hall–Kier alpha value is -0.410. The van der Waals surface area contributed by atoms with Gasteiger partial charge >= 0.3 is 0 Å². The molecule has 0 aromatic heterocycles. The maximum absolute atomic E-state index is 12.1. The van der Waals surface area contributed by atoms with Crippen LogP contribution in [0.1, 0.15) is 57.8 Å². The predicted octanol–water partition coefficient (Wildman–Crippen LogP) is 2.42. The molecule has 1 saturated carbocycles. The van der Waals surface area contributed by atoms with Crippen LogP contribution in [0.15, 0.2) is 0 Å².